The molecule has 0 aromatic heterocycles. The summed E-state index contributed by atoms with van der Waals surface area (Å²) in [5.74, 6) is 0. The molecule has 0 bridgehead atoms. The van der Waals surface area contributed by atoms with Crippen molar-refractivity contribution in [2.24, 2.45) is 0 Å². The van der Waals surface area contributed by atoms with Crippen molar-refractivity contribution in [1.29, 1.82) is 0 Å². The molecule has 3 rings (SSSR count). The molecule has 0 saturated heterocycles. The molecule has 0 atom stereocenters. The molecule has 0 unspecified atom stereocenters. The fraction of sp³-hybridized carbons (Fsp3) is 0.294. The molecule has 20 heavy (non-hydrogen) atoms. The van der Waals surface area contributed by atoms with Crippen LogP contribution in [0.5, 0.6) is 0 Å². The Morgan fingerprint density at radius 1 is 1.10 bits per heavy atom. The Labute approximate surface area is 128 Å². The molecule has 0 radical (unpaired) electrons. The minimum atomic E-state index is 0.133. The maximum Gasteiger partial charge on any atom is 0.0437 e. The molecule has 2 aromatic carbocycles. The van der Waals surface area contributed by atoms with Gasteiger partial charge in [-0.1, -0.05) is 40.2 Å². The summed E-state index contributed by atoms with van der Waals surface area (Å²) in [5, 5.41) is 3.74. The molecule has 0 amide bonds. The van der Waals surface area contributed by atoms with Crippen LogP contribution in [0.1, 0.15) is 30.4 Å². The van der Waals surface area contributed by atoms with E-state index in [0.29, 0.717) is 0 Å². The van der Waals surface area contributed by atoms with E-state index >= 15 is 0 Å². The van der Waals surface area contributed by atoms with Crippen LogP contribution >= 0.6 is 15.9 Å². The largest absolute Gasteiger partial charge is 0.399 e. The second-order valence-corrected chi connectivity index (χ2v) is 6.46. The first-order chi connectivity index (χ1) is 9.68. The number of nitrogens with two attached hydrogens (primary N) is 1. The van der Waals surface area contributed by atoms with E-state index in [1.165, 1.54) is 30.4 Å². The third-order valence-electron chi connectivity index (χ3n) is 4.17. The number of anilines is 1. The molecule has 3 N–H and O–H groups in total. The van der Waals surface area contributed by atoms with E-state index < -0.39 is 0 Å². The zero-order chi connectivity index (χ0) is 14.0. The predicted molar refractivity (Wildman–Crippen MR) is 87.4 cm³/mol. The maximum atomic E-state index is 5.84. The molecule has 2 nitrogen and oxygen atoms in total. The zero-order valence-electron chi connectivity index (χ0n) is 11.4. The Kier molecular flexibility index (Phi) is 3.81. The monoisotopic (exact) mass is 330 g/mol. The fourth-order valence-electron chi connectivity index (χ4n) is 2.86. The van der Waals surface area contributed by atoms with E-state index in [4.69, 9.17) is 5.73 Å². The van der Waals surface area contributed by atoms with Crippen LogP contribution in [-0.4, -0.2) is 0 Å². The van der Waals surface area contributed by atoms with E-state index in [-0.39, 0.29) is 5.54 Å². The molecule has 1 aliphatic rings. The molecule has 1 saturated carbocycles. The molecule has 3 heteroatoms. The maximum absolute atomic E-state index is 5.84. The number of benzene rings is 2. The lowest BCUT2D eigenvalue weighted by atomic mass is 9.71. The summed E-state index contributed by atoms with van der Waals surface area (Å²) in [7, 11) is 0. The van der Waals surface area contributed by atoms with Crippen LogP contribution in [0, 0.1) is 0 Å². The van der Waals surface area contributed by atoms with E-state index in [1.807, 2.05) is 18.2 Å². The Morgan fingerprint density at radius 2 is 1.90 bits per heavy atom. The molecule has 1 fully saturated rings. The molecule has 0 heterocycles. The number of nitrogen functional groups attached to an aromatic ring is 1. The third kappa shape index (κ3) is 2.74. The summed E-state index contributed by atoms with van der Waals surface area (Å²) >= 11 is 3.57. The molecule has 0 spiro atoms. The number of hydrogen-bond donors (Lipinski definition) is 2. The summed E-state index contributed by atoms with van der Waals surface area (Å²) in [5.41, 5.74) is 9.42. The highest BCUT2D eigenvalue weighted by Gasteiger charge is 2.38. The van der Waals surface area contributed by atoms with Crippen LogP contribution in [0.3, 0.4) is 0 Å². The molecule has 1 aliphatic carbocycles. The van der Waals surface area contributed by atoms with Gasteiger partial charge in [-0.2, -0.15) is 0 Å². The van der Waals surface area contributed by atoms with E-state index in [9.17, 15) is 0 Å². The van der Waals surface area contributed by atoms with Crippen LogP contribution in [0.15, 0.2) is 53.0 Å². The first-order valence-electron chi connectivity index (χ1n) is 7.03. The Morgan fingerprint density at radius 3 is 2.55 bits per heavy atom. The van der Waals surface area contributed by atoms with Crippen molar-refractivity contribution in [3.05, 3.63) is 64.1 Å². The smallest absolute Gasteiger partial charge is 0.0437 e. The summed E-state index contributed by atoms with van der Waals surface area (Å²) in [6.07, 6.45) is 3.69. The highest BCUT2D eigenvalue weighted by molar-refractivity contribution is 9.10. The van der Waals surface area contributed by atoms with Crippen molar-refractivity contribution in [3.63, 3.8) is 0 Å². The normalized spacial score (nSPS) is 16.6. The average molecular weight is 331 g/mol. The van der Waals surface area contributed by atoms with Gasteiger partial charge in [-0.3, -0.25) is 0 Å². The van der Waals surface area contributed by atoms with E-state index in [0.717, 1.165) is 16.7 Å². The van der Waals surface area contributed by atoms with Gasteiger partial charge in [0.1, 0.15) is 0 Å². The summed E-state index contributed by atoms with van der Waals surface area (Å²) in [4.78, 5) is 0. The Bertz CT molecular complexity index is 605. The topological polar surface area (TPSA) is 38.0 Å². The van der Waals surface area contributed by atoms with Gasteiger partial charge >= 0.3 is 0 Å². The lowest BCUT2D eigenvalue weighted by Gasteiger charge is -2.43. The van der Waals surface area contributed by atoms with Crippen LogP contribution in [0.2, 0.25) is 0 Å². The van der Waals surface area contributed by atoms with Gasteiger partial charge in [0.25, 0.3) is 0 Å². The lowest BCUT2D eigenvalue weighted by molar-refractivity contribution is 0.183. The summed E-state index contributed by atoms with van der Waals surface area (Å²) < 4.78 is 1.15. The number of nitrogens with one attached hydrogen (secondary N) is 1. The van der Waals surface area contributed by atoms with Gasteiger partial charge in [-0.25, -0.2) is 0 Å². The molecular formula is C17H19BrN2. The quantitative estimate of drug-likeness (QED) is 0.824. The van der Waals surface area contributed by atoms with Gasteiger partial charge in [-0.05, 0) is 54.7 Å². The van der Waals surface area contributed by atoms with Crippen LogP contribution in [-0.2, 0) is 12.1 Å². The van der Waals surface area contributed by atoms with Crippen molar-refractivity contribution in [2.45, 2.75) is 31.3 Å². The molecule has 104 valence electrons. The minimum Gasteiger partial charge on any atom is -0.399 e. The van der Waals surface area contributed by atoms with Gasteiger partial charge < -0.3 is 11.1 Å². The second kappa shape index (κ2) is 5.58. The summed E-state index contributed by atoms with van der Waals surface area (Å²) in [6.45, 7) is 0.859. The molecule has 2 aromatic rings. The number of hydrogen-bond acceptors (Lipinski definition) is 2. The first kappa shape index (κ1) is 13.7. The van der Waals surface area contributed by atoms with E-state index in [1.54, 1.807) is 0 Å². The highest BCUT2D eigenvalue weighted by atomic mass is 79.9. The van der Waals surface area contributed by atoms with Gasteiger partial charge in [0.15, 0.2) is 0 Å². The van der Waals surface area contributed by atoms with Crippen LogP contribution in [0.25, 0.3) is 0 Å². The van der Waals surface area contributed by atoms with Crippen molar-refractivity contribution in [1.82, 2.24) is 5.32 Å². The van der Waals surface area contributed by atoms with Gasteiger partial charge in [-0.15, -0.1) is 0 Å². The first-order valence-corrected chi connectivity index (χ1v) is 7.83. The third-order valence-corrected chi connectivity index (χ3v) is 4.66. The van der Waals surface area contributed by atoms with Crippen molar-refractivity contribution >= 4 is 21.6 Å². The lowest BCUT2D eigenvalue weighted by Crippen LogP contribution is -2.47. The van der Waals surface area contributed by atoms with Crippen molar-refractivity contribution in [3.8, 4) is 0 Å². The SMILES string of the molecule is Nc1cccc(CNC2(c3cccc(Br)c3)CCC2)c1. The fourth-order valence-corrected chi connectivity index (χ4v) is 3.26. The van der Waals surface area contributed by atoms with Gasteiger partial charge in [0, 0.05) is 22.2 Å². The Balaban J connectivity index is 1.77. The average Bonchev–Trinajstić information content (AvgIpc) is 2.38. The number of rotatable bonds is 4. The minimum absolute atomic E-state index is 0.133. The molecule has 0 aliphatic heterocycles. The van der Waals surface area contributed by atoms with Crippen molar-refractivity contribution in [2.75, 3.05) is 5.73 Å². The Hall–Kier alpha value is -1.32. The highest BCUT2D eigenvalue weighted by Crippen LogP contribution is 2.42. The van der Waals surface area contributed by atoms with Gasteiger partial charge in [0.2, 0.25) is 0 Å². The molecular weight excluding hydrogens is 312 g/mol. The number of halogens is 1. The van der Waals surface area contributed by atoms with Crippen LogP contribution in [0.4, 0.5) is 5.69 Å². The second-order valence-electron chi connectivity index (χ2n) is 5.54. The van der Waals surface area contributed by atoms with Crippen molar-refractivity contribution < 1.29 is 0 Å². The van der Waals surface area contributed by atoms with Crippen LogP contribution < -0.4 is 11.1 Å². The van der Waals surface area contributed by atoms with E-state index in [2.05, 4.69) is 51.6 Å². The van der Waals surface area contributed by atoms with Gasteiger partial charge in [0.05, 0.1) is 0 Å². The standard InChI is InChI=1S/C17H19BrN2/c18-15-6-2-5-14(11-15)17(8-3-9-17)20-12-13-4-1-7-16(19)10-13/h1-2,4-7,10-11,20H,3,8-9,12,19H2. The summed E-state index contributed by atoms with van der Waals surface area (Å²) in [6, 6.07) is 16.7. The zero-order valence-corrected chi connectivity index (χ0v) is 13.0. The predicted octanol–water partition coefficient (Wildman–Crippen LogP) is 4.20.